The van der Waals surface area contributed by atoms with Gasteiger partial charge >= 0.3 is 0 Å². The lowest BCUT2D eigenvalue weighted by atomic mass is 10.0. The summed E-state index contributed by atoms with van der Waals surface area (Å²) in [5.74, 6) is 2.29. The van der Waals surface area contributed by atoms with Crippen LogP contribution in [0.15, 0.2) is 10.2 Å². The summed E-state index contributed by atoms with van der Waals surface area (Å²) in [5.41, 5.74) is -0.377. The Kier molecular flexibility index (Phi) is 12.0. The van der Waals surface area contributed by atoms with E-state index in [0.29, 0.717) is 25.8 Å². The molecule has 5 nitrogen and oxygen atoms in total. The van der Waals surface area contributed by atoms with Crippen LogP contribution in [0.2, 0.25) is 0 Å². The Morgan fingerprint density at radius 2 is 1.85 bits per heavy atom. The van der Waals surface area contributed by atoms with E-state index in [1.807, 2.05) is 0 Å². The summed E-state index contributed by atoms with van der Waals surface area (Å²) >= 11 is 0. The van der Waals surface area contributed by atoms with Crippen LogP contribution in [-0.4, -0.2) is 29.3 Å². The van der Waals surface area contributed by atoms with E-state index in [-0.39, 0.29) is 11.6 Å². The van der Waals surface area contributed by atoms with E-state index in [9.17, 15) is 9.90 Å². The minimum atomic E-state index is -0.914. The van der Waals surface area contributed by atoms with Crippen LogP contribution in [0, 0.1) is 18.8 Å². The van der Waals surface area contributed by atoms with E-state index >= 15 is 0 Å². The van der Waals surface area contributed by atoms with Gasteiger partial charge in [0.25, 0.3) is 0 Å². The van der Waals surface area contributed by atoms with Gasteiger partial charge in [0.15, 0.2) is 5.66 Å². The molecule has 0 bridgehead atoms. The van der Waals surface area contributed by atoms with Crippen LogP contribution < -0.4 is 5.32 Å². The van der Waals surface area contributed by atoms with Gasteiger partial charge in [-0.3, -0.25) is 4.79 Å². The van der Waals surface area contributed by atoms with E-state index in [1.54, 1.807) is 0 Å². The SMILES string of the molecule is C#CCCC1(CCNC(=O)[C@H](O)CCCCC[CH]CCCCCC)N=N1. The Labute approximate surface area is 159 Å². The lowest BCUT2D eigenvalue weighted by Gasteiger charge is -2.13. The third kappa shape index (κ3) is 10.6. The van der Waals surface area contributed by atoms with Crippen molar-refractivity contribution < 1.29 is 9.90 Å². The van der Waals surface area contributed by atoms with Crippen LogP contribution in [-0.2, 0) is 4.79 Å². The first-order valence-corrected chi connectivity index (χ1v) is 10.3. The van der Waals surface area contributed by atoms with Crippen molar-refractivity contribution in [1.82, 2.24) is 5.32 Å². The number of hydrogen-bond acceptors (Lipinski definition) is 4. The molecule has 1 radical (unpaired) electrons. The van der Waals surface area contributed by atoms with Crippen molar-refractivity contribution in [3.63, 3.8) is 0 Å². The molecule has 1 aliphatic rings. The molecule has 2 N–H and O–H groups in total. The maximum absolute atomic E-state index is 11.9. The number of nitrogens with zero attached hydrogens (tertiary/aromatic N) is 2. The van der Waals surface area contributed by atoms with Gasteiger partial charge in [0, 0.05) is 25.8 Å². The number of unbranched alkanes of at least 4 members (excludes halogenated alkanes) is 9. The maximum Gasteiger partial charge on any atom is 0.248 e. The van der Waals surface area contributed by atoms with Gasteiger partial charge in [-0.1, -0.05) is 64.7 Å². The van der Waals surface area contributed by atoms with Crippen molar-refractivity contribution in [3.05, 3.63) is 6.42 Å². The molecular formula is C21H36N3O2. The van der Waals surface area contributed by atoms with Crippen LogP contribution >= 0.6 is 0 Å². The van der Waals surface area contributed by atoms with E-state index in [1.165, 1.54) is 32.1 Å². The zero-order valence-electron chi connectivity index (χ0n) is 16.4. The molecule has 1 amide bonds. The Hall–Kier alpha value is -1.41. The zero-order valence-corrected chi connectivity index (χ0v) is 16.4. The van der Waals surface area contributed by atoms with Gasteiger partial charge < -0.3 is 10.4 Å². The fourth-order valence-electron chi connectivity index (χ4n) is 2.97. The monoisotopic (exact) mass is 362 g/mol. The van der Waals surface area contributed by atoms with Gasteiger partial charge in [-0.25, -0.2) is 0 Å². The quantitative estimate of drug-likeness (QED) is 0.294. The van der Waals surface area contributed by atoms with E-state index in [2.05, 4.69) is 34.8 Å². The molecule has 147 valence electrons. The van der Waals surface area contributed by atoms with Gasteiger partial charge in [0.1, 0.15) is 6.10 Å². The second-order valence-corrected chi connectivity index (χ2v) is 7.22. The number of aliphatic hydroxyl groups is 1. The number of hydrogen-bond donors (Lipinski definition) is 2. The lowest BCUT2D eigenvalue weighted by molar-refractivity contribution is -0.129. The van der Waals surface area contributed by atoms with Crippen molar-refractivity contribution in [2.24, 2.45) is 10.2 Å². The van der Waals surface area contributed by atoms with Crippen LogP contribution in [0.4, 0.5) is 0 Å². The van der Waals surface area contributed by atoms with Crippen molar-refractivity contribution in [3.8, 4) is 12.3 Å². The Morgan fingerprint density at radius 1 is 1.15 bits per heavy atom. The molecule has 1 rings (SSSR count). The summed E-state index contributed by atoms with van der Waals surface area (Å²) < 4.78 is 0. The van der Waals surface area contributed by atoms with E-state index in [4.69, 9.17) is 6.42 Å². The standard InChI is InChI=1S/C21H36N3O2/c1-3-5-7-8-9-10-11-12-13-14-15-19(25)20(26)22-18-17-21(23-24-21)16-6-4-2/h2,10,19,25H,3,5-9,11-18H2,1H3,(H,22,26)/t19-/m1/s1. The van der Waals surface area contributed by atoms with E-state index in [0.717, 1.165) is 32.1 Å². The van der Waals surface area contributed by atoms with Crippen molar-refractivity contribution in [2.75, 3.05) is 6.54 Å². The summed E-state index contributed by atoms with van der Waals surface area (Å²) in [7, 11) is 0. The predicted octanol–water partition coefficient (Wildman–Crippen LogP) is 4.55. The smallest absolute Gasteiger partial charge is 0.248 e. The lowest BCUT2D eigenvalue weighted by Crippen LogP contribution is -2.36. The molecule has 0 aromatic heterocycles. The number of aliphatic hydroxyl groups excluding tert-OH is 1. The number of amides is 1. The molecule has 5 heteroatoms. The van der Waals surface area contributed by atoms with Gasteiger partial charge in [-0.05, 0) is 12.8 Å². The summed E-state index contributed by atoms with van der Waals surface area (Å²) in [4.78, 5) is 11.9. The first-order chi connectivity index (χ1) is 12.6. The number of terminal acetylenes is 1. The normalized spacial score (nSPS) is 15.4. The third-order valence-corrected chi connectivity index (χ3v) is 4.83. The van der Waals surface area contributed by atoms with Crippen LogP contribution in [0.5, 0.6) is 0 Å². The molecule has 0 aromatic rings. The first kappa shape index (κ1) is 22.6. The van der Waals surface area contributed by atoms with Crippen LogP contribution in [0.25, 0.3) is 0 Å². The third-order valence-electron chi connectivity index (χ3n) is 4.83. The van der Waals surface area contributed by atoms with E-state index < -0.39 is 6.10 Å². The zero-order chi connectivity index (χ0) is 19.1. The Balaban J connectivity index is 1.93. The summed E-state index contributed by atoms with van der Waals surface area (Å²) in [6.07, 6.45) is 20.0. The highest BCUT2D eigenvalue weighted by Crippen LogP contribution is 2.36. The fraction of sp³-hybridized carbons (Fsp3) is 0.810. The second-order valence-electron chi connectivity index (χ2n) is 7.22. The van der Waals surface area contributed by atoms with Gasteiger partial charge in [-0.2, -0.15) is 10.2 Å². The Bertz CT molecular complexity index is 451. The molecule has 0 saturated heterocycles. The van der Waals surface area contributed by atoms with Gasteiger partial charge in [0.2, 0.25) is 5.91 Å². The topological polar surface area (TPSA) is 74.0 Å². The minimum Gasteiger partial charge on any atom is -0.383 e. The number of nitrogens with one attached hydrogen (secondary N) is 1. The van der Waals surface area contributed by atoms with Crippen LogP contribution in [0.3, 0.4) is 0 Å². The maximum atomic E-state index is 11.9. The Morgan fingerprint density at radius 3 is 2.46 bits per heavy atom. The number of rotatable bonds is 17. The minimum absolute atomic E-state index is 0.291. The van der Waals surface area contributed by atoms with Crippen molar-refractivity contribution >= 4 is 5.91 Å². The molecular weight excluding hydrogens is 326 g/mol. The first-order valence-electron chi connectivity index (χ1n) is 10.3. The fourth-order valence-corrected chi connectivity index (χ4v) is 2.97. The average molecular weight is 363 g/mol. The molecule has 0 unspecified atom stereocenters. The molecule has 0 aromatic carbocycles. The molecule has 1 atom stereocenters. The summed E-state index contributed by atoms with van der Waals surface area (Å²) in [6, 6.07) is 0. The molecule has 0 aliphatic carbocycles. The summed E-state index contributed by atoms with van der Waals surface area (Å²) in [5, 5.41) is 20.8. The van der Waals surface area contributed by atoms with Crippen molar-refractivity contribution in [1.29, 1.82) is 0 Å². The molecule has 0 saturated carbocycles. The second kappa shape index (κ2) is 13.7. The highest BCUT2D eigenvalue weighted by molar-refractivity contribution is 5.80. The number of carbonyl (C=O) groups excluding carboxylic acids is 1. The largest absolute Gasteiger partial charge is 0.383 e. The van der Waals surface area contributed by atoms with Gasteiger partial charge in [0.05, 0.1) is 0 Å². The highest BCUT2D eigenvalue weighted by atomic mass is 16.3. The molecule has 26 heavy (non-hydrogen) atoms. The average Bonchev–Trinajstić information content (AvgIpc) is 3.41. The number of carbonyl (C=O) groups is 1. The molecule has 0 spiro atoms. The highest BCUT2D eigenvalue weighted by Gasteiger charge is 2.38. The molecule has 1 heterocycles. The molecule has 1 aliphatic heterocycles. The predicted molar refractivity (Wildman–Crippen MR) is 105 cm³/mol. The molecule has 0 fully saturated rings. The summed E-state index contributed by atoms with van der Waals surface area (Å²) in [6.45, 7) is 2.70. The van der Waals surface area contributed by atoms with Crippen molar-refractivity contribution in [2.45, 2.75) is 102 Å². The van der Waals surface area contributed by atoms with Crippen LogP contribution in [0.1, 0.15) is 90.4 Å². The van der Waals surface area contributed by atoms with Gasteiger partial charge in [-0.15, -0.1) is 12.3 Å².